The molecule has 2 aliphatic rings. The highest BCUT2D eigenvalue weighted by atomic mass is 16.6. The van der Waals surface area contributed by atoms with Crippen LogP contribution in [0.2, 0.25) is 0 Å². The summed E-state index contributed by atoms with van der Waals surface area (Å²) in [7, 11) is 0. The first-order valence-electron chi connectivity index (χ1n) is 5.75. The standard InChI is InChI=1S/C15H10O2/c16-15-10-5-2-1-4-9(10)14-11(13-8-17-13)6-3-7-12(14)15/h1-7,13H,8H2. The van der Waals surface area contributed by atoms with Gasteiger partial charge in [0.15, 0.2) is 5.78 Å². The molecule has 0 spiro atoms. The monoisotopic (exact) mass is 222 g/mol. The molecule has 2 heteroatoms. The van der Waals surface area contributed by atoms with Gasteiger partial charge < -0.3 is 4.74 Å². The Bertz CT molecular complexity index is 639. The highest BCUT2D eigenvalue weighted by molar-refractivity contribution is 6.22. The minimum absolute atomic E-state index is 0.137. The molecule has 1 atom stereocenters. The molecule has 0 amide bonds. The Hall–Kier alpha value is -1.93. The van der Waals surface area contributed by atoms with Crippen molar-refractivity contribution in [3.05, 3.63) is 59.2 Å². The molecule has 17 heavy (non-hydrogen) atoms. The largest absolute Gasteiger partial charge is 0.368 e. The van der Waals surface area contributed by atoms with Crippen LogP contribution in [0.15, 0.2) is 42.5 Å². The van der Waals surface area contributed by atoms with Crippen molar-refractivity contribution in [3.8, 4) is 11.1 Å². The van der Waals surface area contributed by atoms with Crippen LogP contribution < -0.4 is 0 Å². The van der Waals surface area contributed by atoms with Gasteiger partial charge in [0, 0.05) is 11.1 Å². The lowest BCUT2D eigenvalue weighted by atomic mass is 9.98. The average Bonchev–Trinajstić information content (AvgIpc) is 3.18. The van der Waals surface area contributed by atoms with Crippen molar-refractivity contribution < 1.29 is 9.53 Å². The molecule has 4 rings (SSSR count). The molecule has 82 valence electrons. The van der Waals surface area contributed by atoms with Gasteiger partial charge in [-0.1, -0.05) is 42.5 Å². The van der Waals surface area contributed by atoms with Crippen LogP contribution in [0.5, 0.6) is 0 Å². The van der Waals surface area contributed by atoms with E-state index in [4.69, 9.17) is 4.74 Å². The summed E-state index contributed by atoms with van der Waals surface area (Å²) in [5.41, 5.74) is 4.92. The molecule has 0 bridgehead atoms. The fraction of sp³-hybridized carbons (Fsp3) is 0.133. The van der Waals surface area contributed by atoms with Gasteiger partial charge in [-0.15, -0.1) is 0 Å². The van der Waals surface area contributed by atoms with E-state index < -0.39 is 0 Å². The van der Waals surface area contributed by atoms with Crippen LogP contribution in [-0.2, 0) is 4.74 Å². The zero-order valence-corrected chi connectivity index (χ0v) is 9.14. The quantitative estimate of drug-likeness (QED) is 0.592. The Balaban J connectivity index is 2.07. The van der Waals surface area contributed by atoms with E-state index in [0.717, 1.165) is 34.4 Å². The molecule has 2 nitrogen and oxygen atoms in total. The topological polar surface area (TPSA) is 29.6 Å². The number of ketones is 1. The lowest BCUT2D eigenvalue weighted by molar-refractivity contribution is 0.104. The van der Waals surface area contributed by atoms with Crippen LogP contribution in [0.3, 0.4) is 0 Å². The number of benzene rings is 2. The lowest BCUT2D eigenvalue weighted by Gasteiger charge is -2.05. The van der Waals surface area contributed by atoms with E-state index in [0.29, 0.717) is 0 Å². The van der Waals surface area contributed by atoms with Crippen LogP contribution >= 0.6 is 0 Å². The van der Waals surface area contributed by atoms with Gasteiger partial charge in [-0.25, -0.2) is 0 Å². The minimum atomic E-state index is 0.137. The maximum absolute atomic E-state index is 12.2. The summed E-state index contributed by atoms with van der Waals surface area (Å²) in [6.45, 7) is 0.771. The minimum Gasteiger partial charge on any atom is -0.368 e. The van der Waals surface area contributed by atoms with Gasteiger partial charge in [0.1, 0.15) is 6.10 Å². The molecule has 1 saturated heterocycles. The number of ether oxygens (including phenoxy) is 1. The van der Waals surface area contributed by atoms with Crippen molar-refractivity contribution in [2.24, 2.45) is 0 Å². The van der Waals surface area contributed by atoms with Crippen LogP contribution in [0, 0.1) is 0 Å². The first kappa shape index (κ1) is 9.14. The third-order valence-electron chi connectivity index (χ3n) is 3.46. The Labute approximate surface area is 98.8 Å². The van der Waals surface area contributed by atoms with Gasteiger partial charge in [0.05, 0.1) is 6.61 Å². The molecule has 0 N–H and O–H groups in total. The van der Waals surface area contributed by atoms with Crippen LogP contribution in [0.4, 0.5) is 0 Å². The summed E-state index contributed by atoms with van der Waals surface area (Å²) in [5.74, 6) is 0.137. The smallest absolute Gasteiger partial charge is 0.194 e. The molecule has 0 aromatic heterocycles. The van der Waals surface area contributed by atoms with Crippen molar-refractivity contribution in [2.45, 2.75) is 6.10 Å². The summed E-state index contributed by atoms with van der Waals surface area (Å²) in [4.78, 5) is 12.2. The van der Waals surface area contributed by atoms with Gasteiger partial charge in [-0.3, -0.25) is 4.79 Å². The number of hydrogen-bond donors (Lipinski definition) is 0. The van der Waals surface area contributed by atoms with E-state index >= 15 is 0 Å². The molecule has 0 radical (unpaired) electrons. The second-order valence-corrected chi connectivity index (χ2v) is 4.47. The zero-order chi connectivity index (χ0) is 11.4. The molecule has 1 fully saturated rings. The van der Waals surface area contributed by atoms with Crippen LogP contribution in [0.25, 0.3) is 11.1 Å². The molecule has 1 aliphatic carbocycles. The van der Waals surface area contributed by atoms with Gasteiger partial charge in [-0.05, 0) is 16.7 Å². The Morgan fingerprint density at radius 2 is 1.65 bits per heavy atom. The number of hydrogen-bond acceptors (Lipinski definition) is 2. The molecule has 0 saturated carbocycles. The number of fused-ring (bicyclic) bond motifs is 3. The third kappa shape index (κ3) is 1.16. The van der Waals surface area contributed by atoms with E-state index in [1.165, 1.54) is 0 Å². The second kappa shape index (κ2) is 3.05. The van der Waals surface area contributed by atoms with Crippen molar-refractivity contribution in [2.75, 3.05) is 6.61 Å². The van der Waals surface area contributed by atoms with Crippen molar-refractivity contribution in [1.82, 2.24) is 0 Å². The van der Waals surface area contributed by atoms with E-state index in [-0.39, 0.29) is 11.9 Å². The van der Waals surface area contributed by atoms with Crippen LogP contribution in [-0.4, -0.2) is 12.4 Å². The van der Waals surface area contributed by atoms with E-state index in [1.54, 1.807) is 0 Å². The molecule has 1 heterocycles. The Morgan fingerprint density at radius 1 is 0.941 bits per heavy atom. The summed E-state index contributed by atoms with van der Waals surface area (Å²) < 4.78 is 5.36. The number of epoxide rings is 1. The van der Waals surface area contributed by atoms with Gasteiger partial charge in [0.2, 0.25) is 0 Å². The van der Waals surface area contributed by atoms with Crippen molar-refractivity contribution >= 4 is 5.78 Å². The molecular formula is C15H10O2. The van der Waals surface area contributed by atoms with Gasteiger partial charge in [-0.2, -0.15) is 0 Å². The number of rotatable bonds is 1. The maximum Gasteiger partial charge on any atom is 0.194 e. The normalized spacial score (nSPS) is 20.0. The molecule has 2 aromatic carbocycles. The highest BCUT2D eigenvalue weighted by Gasteiger charge is 2.34. The van der Waals surface area contributed by atoms with E-state index in [9.17, 15) is 4.79 Å². The predicted octanol–water partition coefficient (Wildman–Crippen LogP) is 2.97. The molecule has 1 aliphatic heterocycles. The fourth-order valence-corrected chi connectivity index (χ4v) is 2.60. The van der Waals surface area contributed by atoms with Crippen molar-refractivity contribution in [1.29, 1.82) is 0 Å². The van der Waals surface area contributed by atoms with Gasteiger partial charge in [0.25, 0.3) is 0 Å². The molecular weight excluding hydrogens is 212 g/mol. The molecule has 1 unspecified atom stereocenters. The lowest BCUT2D eigenvalue weighted by Crippen LogP contribution is -1.95. The number of carbonyl (C=O) groups is 1. The predicted molar refractivity (Wildman–Crippen MR) is 64.0 cm³/mol. The fourth-order valence-electron chi connectivity index (χ4n) is 2.60. The highest BCUT2D eigenvalue weighted by Crippen LogP contribution is 2.44. The molecule has 2 aromatic rings. The van der Waals surface area contributed by atoms with Crippen LogP contribution in [0.1, 0.15) is 27.6 Å². The Kier molecular flexibility index (Phi) is 1.64. The van der Waals surface area contributed by atoms with E-state index in [2.05, 4.69) is 6.07 Å². The second-order valence-electron chi connectivity index (χ2n) is 4.47. The Morgan fingerprint density at radius 3 is 2.41 bits per heavy atom. The summed E-state index contributed by atoms with van der Waals surface area (Å²) in [6.07, 6.45) is 0.184. The first-order valence-corrected chi connectivity index (χ1v) is 5.75. The third-order valence-corrected chi connectivity index (χ3v) is 3.46. The summed E-state index contributed by atoms with van der Waals surface area (Å²) in [5, 5.41) is 0. The summed E-state index contributed by atoms with van der Waals surface area (Å²) in [6, 6.07) is 13.7. The first-order chi connectivity index (χ1) is 8.36. The maximum atomic E-state index is 12.2. The summed E-state index contributed by atoms with van der Waals surface area (Å²) >= 11 is 0. The van der Waals surface area contributed by atoms with Gasteiger partial charge >= 0.3 is 0 Å². The average molecular weight is 222 g/mol. The van der Waals surface area contributed by atoms with Crippen molar-refractivity contribution in [3.63, 3.8) is 0 Å². The zero-order valence-electron chi connectivity index (χ0n) is 9.14. The van der Waals surface area contributed by atoms with E-state index in [1.807, 2.05) is 36.4 Å². The number of carbonyl (C=O) groups excluding carboxylic acids is 1. The SMILES string of the molecule is O=C1c2ccccc2-c2c1cccc2C1CO1.